The number of ether oxygens (including phenoxy) is 1. The van der Waals surface area contributed by atoms with Gasteiger partial charge < -0.3 is 15.4 Å². The summed E-state index contributed by atoms with van der Waals surface area (Å²) >= 11 is 0. The van der Waals surface area contributed by atoms with Crippen LogP contribution < -0.4 is 10.6 Å². The lowest BCUT2D eigenvalue weighted by atomic mass is 10.3. The van der Waals surface area contributed by atoms with Crippen LogP contribution in [0.3, 0.4) is 0 Å². The zero-order valence-electron chi connectivity index (χ0n) is 11.1. The molecule has 0 radical (unpaired) electrons. The molecule has 0 spiro atoms. The minimum Gasteiger partial charge on any atom is -0.377 e. The lowest BCUT2D eigenvalue weighted by Gasteiger charge is -2.10. The van der Waals surface area contributed by atoms with E-state index in [1.807, 2.05) is 0 Å². The van der Waals surface area contributed by atoms with Crippen molar-refractivity contribution in [3.8, 4) is 0 Å². The van der Waals surface area contributed by atoms with Gasteiger partial charge in [0.1, 0.15) is 35.6 Å². The Hall–Kier alpha value is -2.28. The topological polar surface area (TPSA) is 59.1 Å². The molecule has 0 aliphatic rings. The van der Waals surface area contributed by atoms with E-state index in [9.17, 15) is 8.78 Å². The molecule has 0 atom stereocenters. The number of methoxy groups -OCH3 is 1. The first-order valence-electron chi connectivity index (χ1n) is 5.89. The molecule has 1 aromatic carbocycles. The van der Waals surface area contributed by atoms with Gasteiger partial charge in [0, 0.05) is 20.2 Å². The van der Waals surface area contributed by atoms with Crippen LogP contribution in [-0.4, -0.2) is 24.1 Å². The molecular weight excluding hydrogens is 266 g/mol. The summed E-state index contributed by atoms with van der Waals surface area (Å²) in [6.07, 6.45) is 0. The van der Waals surface area contributed by atoms with E-state index in [2.05, 4.69) is 20.6 Å². The Labute approximate surface area is 115 Å². The molecular formula is C13H14F2N4O. The normalized spacial score (nSPS) is 10.4. The Morgan fingerprint density at radius 2 is 1.80 bits per heavy atom. The quantitative estimate of drug-likeness (QED) is 0.881. The molecule has 0 bridgehead atoms. The van der Waals surface area contributed by atoms with Crippen LogP contribution >= 0.6 is 0 Å². The summed E-state index contributed by atoms with van der Waals surface area (Å²) < 4.78 is 32.1. The molecule has 20 heavy (non-hydrogen) atoms. The van der Waals surface area contributed by atoms with Gasteiger partial charge in [0.05, 0.1) is 0 Å². The second-order valence-electron chi connectivity index (χ2n) is 3.96. The smallest absolute Gasteiger partial charge is 0.158 e. The van der Waals surface area contributed by atoms with E-state index in [-0.39, 0.29) is 18.1 Å². The monoisotopic (exact) mass is 280 g/mol. The van der Waals surface area contributed by atoms with Gasteiger partial charge in [-0.15, -0.1) is 0 Å². The van der Waals surface area contributed by atoms with E-state index in [0.717, 1.165) is 0 Å². The van der Waals surface area contributed by atoms with Gasteiger partial charge in [0.2, 0.25) is 0 Å². The number of hydrogen-bond acceptors (Lipinski definition) is 5. The van der Waals surface area contributed by atoms with Crippen LogP contribution in [0.25, 0.3) is 0 Å². The van der Waals surface area contributed by atoms with Crippen LogP contribution in [0.5, 0.6) is 0 Å². The fourth-order valence-electron chi connectivity index (χ4n) is 1.63. The summed E-state index contributed by atoms with van der Waals surface area (Å²) in [4.78, 5) is 8.28. The second kappa shape index (κ2) is 6.25. The highest BCUT2D eigenvalue weighted by atomic mass is 19.1. The largest absolute Gasteiger partial charge is 0.377 e. The van der Waals surface area contributed by atoms with Crippen molar-refractivity contribution in [2.45, 2.75) is 6.61 Å². The van der Waals surface area contributed by atoms with Crippen molar-refractivity contribution < 1.29 is 13.5 Å². The molecule has 7 heteroatoms. The van der Waals surface area contributed by atoms with Crippen molar-refractivity contribution in [3.05, 3.63) is 41.7 Å². The third kappa shape index (κ3) is 3.18. The molecule has 0 aliphatic heterocycles. The predicted octanol–water partition coefficient (Wildman–Crippen LogP) is 2.69. The van der Waals surface area contributed by atoms with Crippen molar-refractivity contribution in [2.24, 2.45) is 0 Å². The molecule has 0 aliphatic carbocycles. The average Bonchev–Trinajstić information content (AvgIpc) is 2.43. The van der Waals surface area contributed by atoms with E-state index in [1.165, 1.54) is 25.3 Å². The summed E-state index contributed by atoms with van der Waals surface area (Å²) in [5.41, 5.74) is -0.253. The van der Waals surface area contributed by atoms with Gasteiger partial charge in [-0.1, -0.05) is 6.07 Å². The fourth-order valence-corrected chi connectivity index (χ4v) is 1.63. The number of para-hydroxylation sites is 1. The van der Waals surface area contributed by atoms with E-state index in [4.69, 9.17) is 4.74 Å². The predicted molar refractivity (Wildman–Crippen MR) is 71.9 cm³/mol. The Morgan fingerprint density at radius 3 is 2.40 bits per heavy atom. The van der Waals surface area contributed by atoms with Gasteiger partial charge >= 0.3 is 0 Å². The van der Waals surface area contributed by atoms with Crippen molar-refractivity contribution in [1.82, 2.24) is 9.97 Å². The Kier molecular flexibility index (Phi) is 4.41. The molecule has 106 valence electrons. The number of aromatic nitrogens is 2. The summed E-state index contributed by atoms with van der Waals surface area (Å²) in [6, 6.07) is 5.18. The minimum atomic E-state index is -0.692. The number of rotatable bonds is 5. The zero-order valence-corrected chi connectivity index (χ0v) is 11.1. The Morgan fingerprint density at radius 1 is 1.15 bits per heavy atom. The third-order valence-corrected chi connectivity index (χ3v) is 2.52. The molecule has 1 heterocycles. The summed E-state index contributed by atoms with van der Waals surface area (Å²) in [5, 5.41) is 5.46. The standard InChI is InChI=1S/C13H14F2N4O/c1-16-10-6-11(18-12(17-10)7-20-2)19-13-8(14)4-3-5-9(13)15/h3-6H,7H2,1-2H3,(H2,16,17,18,19). The van der Waals surface area contributed by atoms with E-state index >= 15 is 0 Å². The SMILES string of the molecule is CNc1cc(Nc2c(F)cccc2F)nc(COC)n1. The Balaban J connectivity index is 2.35. The lowest BCUT2D eigenvalue weighted by molar-refractivity contribution is 0.178. The second-order valence-corrected chi connectivity index (χ2v) is 3.96. The molecule has 0 saturated carbocycles. The number of nitrogens with zero attached hydrogens (tertiary/aromatic N) is 2. The molecule has 1 aromatic heterocycles. The van der Waals surface area contributed by atoms with Crippen LogP contribution in [0.1, 0.15) is 5.82 Å². The summed E-state index contributed by atoms with van der Waals surface area (Å²) in [7, 11) is 3.20. The number of anilines is 3. The van der Waals surface area contributed by atoms with Crippen molar-refractivity contribution >= 4 is 17.3 Å². The summed E-state index contributed by atoms with van der Waals surface area (Å²) in [6.45, 7) is 0.198. The maximum absolute atomic E-state index is 13.6. The fraction of sp³-hybridized carbons (Fsp3) is 0.231. The highest BCUT2D eigenvalue weighted by molar-refractivity contribution is 5.60. The first-order valence-corrected chi connectivity index (χ1v) is 5.89. The molecule has 2 N–H and O–H groups in total. The zero-order chi connectivity index (χ0) is 14.5. The average molecular weight is 280 g/mol. The van der Waals surface area contributed by atoms with E-state index < -0.39 is 11.6 Å². The van der Waals surface area contributed by atoms with Crippen LogP contribution in [-0.2, 0) is 11.3 Å². The lowest BCUT2D eigenvalue weighted by Crippen LogP contribution is -2.06. The molecule has 0 unspecified atom stereocenters. The first-order chi connectivity index (χ1) is 9.63. The third-order valence-electron chi connectivity index (χ3n) is 2.52. The minimum absolute atomic E-state index is 0.198. The van der Waals surface area contributed by atoms with E-state index in [0.29, 0.717) is 11.6 Å². The maximum Gasteiger partial charge on any atom is 0.158 e. The molecule has 2 rings (SSSR count). The van der Waals surface area contributed by atoms with Gasteiger partial charge in [0.15, 0.2) is 5.82 Å². The molecule has 0 saturated heterocycles. The number of nitrogens with one attached hydrogen (secondary N) is 2. The molecule has 2 aromatic rings. The molecule has 5 nitrogen and oxygen atoms in total. The molecule has 0 amide bonds. The van der Waals surface area contributed by atoms with Crippen molar-refractivity contribution in [3.63, 3.8) is 0 Å². The van der Waals surface area contributed by atoms with Crippen LogP contribution in [0.4, 0.5) is 26.1 Å². The van der Waals surface area contributed by atoms with Gasteiger partial charge in [-0.3, -0.25) is 0 Å². The van der Waals surface area contributed by atoms with Crippen molar-refractivity contribution in [2.75, 3.05) is 24.8 Å². The highest BCUT2D eigenvalue weighted by Crippen LogP contribution is 2.23. The van der Waals surface area contributed by atoms with E-state index in [1.54, 1.807) is 13.1 Å². The van der Waals surface area contributed by atoms with Crippen LogP contribution in [0.2, 0.25) is 0 Å². The number of halogens is 2. The van der Waals surface area contributed by atoms with Gasteiger partial charge in [-0.25, -0.2) is 18.7 Å². The van der Waals surface area contributed by atoms with Crippen LogP contribution in [0.15, 0.2) is 24.3 Å². The summed E-state index contributed by atoms with van der Waals surface area (Å²) in [5.74, 6) is -0.184. The number of benzene rings is 1. The number of hydrogen-bond donors (Lipinski definition) is 2. The van der Waals surface area contributed by atoms with Crippen molar-refractivity contribution in [1.29, 1.82) is 0 Å². The van der Waals surface area contributed by atoms with Gasteiger partial charge in [-0.05, 0) is 12.1 Å². The Bertz CT molecular complexity index is 587. The first kappa shape index (κ1) is 14.1. The maximum atomic E-state index is 13.6. The van der Waals surface area contributed by atoms with Gasteiger partial charge in [0.25, 0.3) is 0 Å². The highest BCUT2D eigenvalue weighted by Gasteiger charge is 2.11. The molecule has 0 fully saturated rings. The van der Waals surface area contributed by atoms with Crippen LogP contribution in [0, 0.1) is 11.6 Å². The van der Waals surface area contributed by atoms with Gasteiger partial charge in [-0.2, -0.15) is 0 Å².